The Balaban J connectivity index is 1.65. The van der Waals surface area contributed by atoms with Crippen molar-refractivity contribution < 1.29 is 9.59 Å². The number of amides is 2. The molecule has 0 fully saturated rings. The van der Waals surface area contributed by atoms with Crippen molar-refractivity contribution in [1.82, 2.24) is 0 Å². The highest BCUT2D eigenvalue weighted by Gasteiger charge is 2.21. The average Bonchev–Trinajstić information content (AvgIpc) is 2.59. The Kier molecular flexibility index (Phi) is 5.20. The predicted octanol–water partition coefficient (Wildman–Crippen LogP) is 3.72. The van der Waals surface area contributed by atoms with Gasteiger partial charge < -0.3 is 10.2 Å². The summed E-state index contributed by atoms with van der Waals surface area (Å²) < 4.78 is 0. The first-order valence-corrected chi connectivity index (χ1v) is 9.01. The van der Waals surface area contributed by atoms with Gasteiger partial charge in [0, 0.05) is 29.7 Å². The molecule has 2 amide bonds. The van der Waals surface area contributed by atoms with Gasteiger partial charge in [0.15, 0.2) is 0 Å². The van der Waals surface area contributed by atoms with E-state index in [0.717, 1.165) is 35.7 Å². The number of benzene rings is 2. The highest BCUT2D eigenvalue weighted by atomic mass is 32.2. The summed E-state index contributed by atoms with van der Waals surface area (Å²) in [6, 6.07) is 15.7. The minimum absolute atomic E-state index is 0.0989. The van der Waals surface area contributed by atoms with Crippen molar-refractivity contribution in [2.45, 2.75) is 24.7 Å². The maximum Gasteiger partial charge on any atom is 0.237 e. The lowest BCUT2D eigenvalue weighted by molar-refractivity contribution is -0.116. The molecule has 0 aromatic heterocycles. The number of hydrogen-bond acceptors (Lipinski definition) is 3. The quantitative estimate of drug-likeness (QED) is 0.863. The number of rotatable bonds is 4. The van der Waals surface area contributed by atoms with Gasteiger partial charge in [0.1, 0.15) is 0 Å². The van der Waals surface area contributed by atoms with E-state index in [1.165, 1.54) is 24.2 Å². The van der Waals surface area contributed by atoms with Crippen molar-refractivity contribution in [3.05, 3.63) is 54.1 Å². The van der Waals surface area contributed by atoms with Gasteiger partial charge in [-0.25, -0.2) is 0 Å². The van der Waals surface area contributed by atoms with Crippen LogP contribution in [0, 0.1) is 0 Å². The van der Waals surface area contributed by atoms with E-state index in [-0.39, 0.29) is 11.8 Å². The maximum atomic E-state index is 12.6. The molecule has 3 rings (SSSR count). The molecule has 0 saturated carbocycles. The summed E-state index contributed by atoms with van der Waals surface area (Å²) in [5, 5.41) is 2.76. The highest BCUT2D eigenvalue weighted by Crippen LogP contribution is 2.28. The summed E-state index contributed by atoms with van der Waals surface area (Å²) in [5.74, 6) is 0.410. The van der Waals surface area contributed by atoms with Crippen LogP contribution in [0.25, 0.3) is 0 Å². The summed E-state index contributed by atoms with van der Waals surface area (Å²) in [5.41, 5.74) is 3.04. The molecule has 124 valence electrons. The van der Waals surface area contributed by atoms with Crippen molar-refractivity contribution in [1.29, 1.82) is 0 Å². The second kappa shape index (κ2) is 7.53. The molecule has 0 bridgehead atoms. The number of nitrogens with one attached hydrogen (secondary N) is 1. The van der Waals surface area contributed by atoms with Crippen LogP contribution in [0.5, 0.6) is 0 Å². The molecule has 1 heterocycles. The molecule has 2 aromatic rings. The van der Waals surface area contributed by atoms with E-state index in [9.17, 15) is 9.59 Å². The Bertz CT molecular complexity index is 761. The third kappa shape index (κ3) is 3.97. The number of thioether (sulfide) groups is 1. The number of para-hydroxylation sites is 1. The normalized spacial score (nSPS) is 13.3. The van der Waals surface area contributed by atoms with Crippen molar-refractivity contribution >= 4 is 35.0 Å². The SMILES string of the molecule is CC(=O)Nc1cccc(SCC(=O)N2CCCc3ccccc32)c1. The first kappa shape index (κ1) is 16.6. The van der Waals surface area contributed by atoms with Gasteiger partial charge in [0.2, 0.25) is 11.8 Å². The zero-order valence-electron chi connectivity index (χ0n) is 13.6. The van der Waals surface area contributed by atoms with E-state index < -0.39 is 0 Å². The Labute approximate surface area is 146 Å². The summed E-state index contributed by atoms with van der Waals surface area (Å²) in [6.45, 7) is 2.26. The van der Waals surface area contributed by atoms with Crippen LogP contribution in [-0.4, -0.2) is 24.1 Å². The van der Waals surface area contributed by atoms with E-state index in [1.807, 2.05) is 47.4 Å². The van der Waals surface area contributed by atoms with Crippen molar-refractivity contribution in [3.8, 4) is 0 Å². The molecule has 0 spiro atoms. The van der Waals surface area contributed by atoms with Gasteiger partial charge in [-0.15, -0.1) is 11.8 Å². The van der Waals surface area contributed by atoms with Crippen LogP contribution in [0.2, 0.25) is 0 Å². The molecule has 0 saturated heterocycles. The third-order valence-corrected chi connectivity index (χ3v) is 4.91. The minimum Gasteiger partial charge on any atom is -0.326 e. The Morgan fingerprint density at radius 3 is 2.83 bits per heavy atom. The Hall–Kier alpha value is -2.27. The van der Waals surface area contributed by atoms with Crippen LogP contribution in [0.4, 0.5) is 11.4 Å². The number of carbonyl (C=O) groups is 2. The first-order valence-electron chi connectivity index (χ1n) is 8.02. The monoisotopic (exact) mass is 340 g/mol. The number of carbonyl (C=O) groups excluding carboxylic acids is 2. The van der Waals surface area contributed by atoms with E-state index in [1.54, 1.807) is 0 Å². The van der Waals surface area contributed by atoms with E-state index in [2.05, 4.69) is 11.4 Å². The zero-order valence-corrected chi connectivity index (χ0v) is 14.4. The van der Waals surface area contributed by atoms with Crippen LogP contribution < -0.4 is 10.2 Å². The third-order valence-electron chi connectivity index (χ3n) is 3.93. The first-order chi connectivity index (χ1) is 11.6. The molecular weight excluding hydrogens is 320 g/mol. The minimum atomic E-state index is -0.0989. The molecule has 4 nitrogen and oxygen atoms in total. The number of anilines is 2. The molecule has 1 N–H and O–H groups in total. The van der Waals surface area contributed by atoms with Gasteiger partial charge in [-0.2, -0.15) is 0 Å². The largest absolute Gasteiger partial charge is 0.326 e. The van der Waals surface area contributed by atoms with Crippen molar-refractivity contribution in [2.75, 3.05) is 22.5 Å². The number of fused-ring (bicyclic) bond motifs is 1. The Morgan fingerprint density at radius 2 is 2.00 bits per heavy atom. The van der Waals surface area contributed by atoms with Gasteiger partial charge in [-0.1, -0.05) is 24.3 Å². The molecule has 1 aliphatic heterocycles. The van der Waals surface area contributed by atoms with Crippen LogP contribution >= 0.6 is 11.8 Å². The van der Waals surface area contributed by atoms with Gasteiger partial charge in [-0.3, -0.25) is 9.59 Å². The lowest BCUT2D eigenvalue weighted by atomic mass is 10.0. The summed E-state index contributed by atoms with van der Waals surface area (Å²) in [7, 11) is 0. The molecule has 0 radical (unpaired) electrons. The summed E-state index contributed by atoms with van der Waals surface area (Å²) >= 11 is 1.50. The van der Waals surface area contributed by atoms with Gasteiger partial charge in [0.05, 0.1) is 5.75 Å². The average molecular weight is 340 g/mol. The van der Waals surface area contributed by atoms with Gasteiger partial charge >= 0.3 is 0 Å². The second-order valence-corrected chi connectivity index (χ2v) is 6.82. The van der Waals surface area contributed by atoms with Crippen molar-refractivity contribution in [2.24, 2.45) is 0 Å². The lowest BCUT2D eigenvalue weighted by Crippen LogP contribution is -2.36. The molecule has 5 heteroatoms. The second-order valence-electron chi connectivity index (χ2n) is 5.78. The fourth-order valence-electron chi connectivity index (χ4n) is 2.88. The van der Waals surface area contributed by atoms with Crippen LogP contribution in [0.1, 0.15) is 18.9 Å². The number of hydrogen-bond donors (Lipinski definition) is 1. The van der Waals surface area contributed by atoms with Crippen molar-refractivity contribution in [3.63, 3.8) is 0 Å². The maximum absolute atomic E-state index is 12.6. The fourth-order valence-corrected chi connectivity index (χ4v) is 3.71. The van der Waals surface area contributed by atoms with E-state index >= 15 is 0 Å². The molecule has 0 aliphatic carbocycles. The molecule has 1 aliphatic rings. The topological polar surface area (TPSA) is 49.4 Å². The zero-order chi connectivity index (χ0) is 16.9. The standard InChI is InChI=1S/C19H20N2O2S/c1-14(22)20-16-8-4-9-17(12-16)24-13-19(23)21-11-5-7-15-6-2-3-10-18(15)21/h2-4,6,8-10,12H,5,7,11,13H2,1H3,(H,20,22). The van der Waals surface area contributed by atoms with Gasteiger partial charge in [-0.05, 0) is 42.7 Å². The van der Waals surface area contributed by atoms with E-state index in [4.69, 9.17) is 0 Å². The highest BCUT2D eigenvalue weighted by molar-refractivity contribution is 8.00. The van der Waals surface area contributed by atoms with Gasteiger partial charge in [0.25, 0.3) is 0 Å². The predicted molar refractivity (Wildman–Crippen MR) is 98.6 cm³/mol. The molecular formula is C19H20N2O2S. The van der Waals surface area contributed by atoms with E-state index in [0.29, 0.717) is 5.75 Å². The lowest BCUT2D eigenvalue weighted by Gasteiger charge is -2.29. The number of nitrogens with zero attached hydrogens (tertiary/aromatic N) is 1. The molecule has 2 aromatic carbocycles. The summed E-state index contributed by atoms with van der Waals surface area (Å²) in [4.78, 5) is 26.6. The van der Waals surface area contributed by atoms with Crippen LogP contribution in [0.15, 0.2) is 53.4 Å². The van der Waals surface area contributed by atoms with Crippen LogP contribution in [-0.2, 0) is 16.0 Å². The molecule has 0 unspecified atom stereocenters. The smallest absolute Gasteiger partial charge is 0.237 e. The molecule has 0 atom stereocenters. The van der Waals surface area contributed by atoms with Crippen LogP contribution in [0.3, 0.4) is 0 Å². The fraction of sp³-hybridized carbons (Fsp3) is 0.263. The Morgan fingerprint density at radius 1 is 1.17 bits per heavy atom. The molecule has 24 heavy (non-hydrogen) atoms. The number of aryl methyl sites for hydroxylation is 1. The summed E-state index contributed by atoms with van der Waals surface area (Å²) in [6.07, 6.45) is 2.04.